The number of carbonyl (C=O) groups is 1. The van der Waals surface area contributed by atoms with E-state index in [0.29, 0.717) is 21.8 Å². The molecule has 6 heteroatoms. The highest BCUT2D eigenvalue weighted by Crippen LogP contribution is 2.37. The molecule has 134 valence electrons. The van der Waals surface area contributed by atoms with E-state index in [2.05, 4.69) is 15.4 Å². The summed E-state index contributed by atoms with van der Waals surface area (Å²) in [5.41, 5.74) is 3.59. The lowest BCUT2D eigenvalue weighted by Gasteiger charge is -2.11. The minimum atomic E-state index is -0.0981. The Bertz CT molecular complexity index is 1040. The van der Waals surface area contributed by atoms with Crippen molar-refractivity contribution in [1.29, 1.82) is 0 Å². The van der Waals surface area contributed by atoms with Crippen LogP contribution in [-0.2, 0) is 0 Å². The molecule has 3 aromatic rings. The average molecular weight is 413 g/mol. The third-order valence-electron chi connectivity index (χ3n) is 4.27. The van der Waals surface area contributed by atoms with Crippen molar-refractivity contribution in [3.05, 3.63) is 88.0 Å². The molecule has 4 rings (SSSR count). The minimum absolute atomic E-state index is 0.0186. The summed E-state index contributed by atoms with van der Waals surface area (Å²) in [6.07, 6.45) is 9.90. The fourth-order valence-corrected chi connectivity index (χ4v) is 4.11. The molecular formula is C21H14Cl2N2OS. The van der Waals surface area contributed by atoms with Crippen LogP contribution in [0.15, 0.2) is 67.0 Å². The van der Waals surface area contributed by atoms with E-state index in [0.717, 1.165) is 22.4 Å². The molecule has 2 aromatic heterocycles. The molecule has 1 aliphatic rings. The van der Waals surface area contributed by atoms with E-state index in [4.69, 9.17) is 23.2 Å². The lowest BCUT2D eigenvalue weighted by Crippen LogP contribution is -2.06. The highest BCUT2D eigenvalue weighted by atomic mass is 35.5. The zero-order valence-corrected chi connectivity index (χ0v) is 16.4. The van der Waals surface area contributed by atoms with Crippen molar-refractivity contribution in [1.82, 2.24) is 9.36 Å². The Balaban J connectivity index is 1.87. The summed E-state index contributed by atoms with van der Waals surface area (Å²) in [6, 6.07) is 10.9. The third-order valence-corrected chi connectivity index (χ3v) is 5.74. The molecule has 0 amide bonds. The SMILES string of the molecule is O=C(c1cccnc1)c1c(-c2ccc(Cl)cc2)nsc1C1=CCC(Cl)C=C1. The lowest BCUT2D eigenvalue weighted by molar-refractivity contribution is 0.103. The molecule has 0 radical (unpaired) electrons. The van der Waals surface area contributed by atoms with Gasteiger partial charge in [0, 0.05) is 28.5 Å². The van der Waals surface area contributed by atoms with E-state index in [1.807, 2.05) is 24.3 Å². The Hall–Kier alpha value is -2.27. The Kier molecular flexibility index (Phi) is 5.21. The smallest absolute Gasteiger partial charge is 0.198 e. The standard InChI is InChI=1S/C21H14Cl2N2OS/c22-16-7-3-13(4-8-16)19-18(20(26)15-2-1-11-24-12-15)21(27-25-19)14-5-9-17(23)10-6-14/h1-9,11-12,17H,10H2. The molecule has 0 N–H and O–H groups in total. The van der Waals surface area contributed by atoms with E-state index in [9.17, 15) is 4.79 Å². The van der Waals surface area contributed by atoms with Gasteiger partial charge in [-0.2, -0.15) is 4.37 Å². The van der Waals surface area contributed by atoms with Gasteiger partial charge in [-0.1, -0.05) is 42.0 Å². The number of hydrogen-bond donors (Lipinski definition) is 0. The first-order chi connectivity index (χ1) is 13.1. The second kappa shape index (κ2) is 7.77. The van der Waals surface area contributed by atoms with Gasteiger partial charge in [0.1, 0.15) is 0 Å². The predicted molar refractivity (Wildman–Crippen MR) is 112 cm³/mol. The maximum atomic E-state index is 13.3. The number of halogens is 2. The molecule has 0 saturated heterocycles. The molecule has 0 saturated carbocycles. The van der Waals surface area contributed by atoms with Crippen LogP contribution >= 0.6 is 34.7 Å². The van der Waals surface area contributed by atoms with Crippen LogP contribution in [0.25, 0.3) is 16.8 Å². The number of pyridine rings is 1. The van der Waals surface area contributed by atoms with Gasteiger partial charge in [-0.25, -0.2) is 0 Å². The predicted octanol–water partition coefficient (Wildman–Crippen LogP) is 6.04. The topological polar surface area (TPSA) is 42.9 Å². The maximum absolute atomic E-state index is 13.3. The summed E-state index contributed by atoms with van der Waals surface area (Å²) in [5, 5.41) is 0.621. The average Bonchev–Trinajstić information content (AvgIpc) is 3.14. The van der Waals surface area contributed by atoms with Gasteiger partial charge in [-0.15, -0.1) is 11.6 Å². The highest BCUT2D eigenvalue weighted by molar-refractivity contribution is 7.07. The van der Waals surface area contributed by atoms with Crippen molar-refractivity contribution < 1.29 is 4.79 Å². The quantitative estimate of drug-likeness (QED) is 0.387. The molecule has 1 unspecified atom stereocenters. The van der Waals surface area contributed by atoms with Crippen molar-refractivity contribution in [3.8, 4) is 11.3 Å². The molecule has 1 atom stereocenters. The fraction of sp³-hybridized carbons (Fsp3) is 0.0952. The second-order valence-electron chi connectivity index (χ2n) is 6.08. The van der Waals surface area contributed by atoms with Gasteiger partial charge in [0.2, 0.25) is 0 Å². The van der Waals surface area contributed by atoms with Crippen molar-refractivity contribution in [2.45, 2.75) is 11.8 Å². The zero-order valence-electron chi connectivity index (χ0n) is 14.1. The van der Waals surface area contributed by atoms with Crippen molar-refractivity contribution in [3.63, 3.8) is 0 Å². The lowest BCUT2D eigenvalue weighted by atomic mass is 9.95. The Morgan fingerprint density at radius 2 is 2.00 bits per heavy atom. The van der Waals surface area contributed by atoms with Crippen LogP contribution in [0.2, 0.25) is 5.02 Å². The molecule has 0 fully saturated rings. The summed E-state index contributed by atoms with van der Waals surface area (Å²) >= 11 is 13.5. The van der Waals surface area contributed by atoms with Crippen molar-refractivity contribution >= 4 is 46.1 Å². The number of benzene rings is 1. The van der Waals surface area contributed by atoms with Crippen LogP contribution in [0.3, 0.4) is 0 Å². The molecule has 1 aliphatic carbocycles. The molecular weight excluding hydrogens is 399 g/mol. The van der Waals surface area contributed by atoms with E-state index < -0.39 is 0 Å². The van der Waals surface area contributed by atoms with E-state index in [1.54, 1.807) is 36.7 Å². The first-order valence-corrected chi connectivity index (χ1v) is 9.95. The number of rotatable bonds is 4. The Labute approximate surface area is 171 Å². The Morgan fingerprint density at radius 1 is 1.19 bits per heavy atom. The van der Waals surface area contributed by atoms with Gasteiger partial charge < -0.3 is 0 Å². The van der Waals surface area contributed by atoms with E-state index in [1.165, 1.54) is 11.5 Å². The van der Waals surface area contributed by atoms with Crippen molar-refractivity contribution in [2.24, 2.45) is 0 Å². The number of allylic oxidation sites excluding steroid dienone is 4. The number of nitrogens with zero attached hydrogens (tertiary/aromatic N) is 2. The first kappa shape index (κ1) is 18.1. The first-order valence-electron chi connectivity index (χ1n) is 8.36. The molecule has 0 spiro atoms. The summed E-state index contributed by atoms with van der Waals surface area (Å²) in [5.74, 6) is -0.0981. The monoisotopic (exact) mass is 412 g/mol. The van der Waals surface area contributed by atoms with Crippen molar-refractivity contribution in [2.75, 3.05) is 0 Å². The number of hydrogen-bond acceptors (Lipinski definition) is 4. The Morgan fingerprint density at radius 3 is 2.67 bits per heavy atom. The van der Waals surface area contributed by atoms with Gasteiger partial charge in [-0.3, -0.25) is 9.78 Å². The highest BCUT2D eigenvalue weighted by Gasteiger charge is 2.25. The van der Waals surface area contributed by atoms with Gasteiger partial charge in [0.15, 0.2) is 5.78 Å². The third kappa shape index (κ3) is 3.74. The van der Waals surface area contributed by atoms with Crippen LogP contribution in [0.1, 0.15) is 27.2 Å². The number of aromatic nitrogens is 2. The van der Waals surface area contributed by atoms with Crippen LogP contribution < -0.4 is 0 Å². The molecule has 3 nitrogen and oxygen atoms in total. The maximum Gasteiger partial charge on any atom is 0.198 e. The van der Waals surface area contributed by atoms with Crippen LogP contribution in [-0.4, -0.2) is 20.5 Å². The molecule has 0 bridgehead atoms. The fourth-order valence-electron chi connectivity index (χ4n) is 2.91. The van der Waals surface area contributed by atoms with Gasteiger partial charge in [-0.05, 0) is 47.8 Å². The van der Waals surface area contributed by atoms with Gasteiger partial charge in [0.25, 0.3) is 0 Å². The summed E-state index contributed by atoms with van der Waals surface area (Å²) in [4.78, 5) is 18.2. The van der Waals surface area contributed by atoms with Gasteiger partial charge >= 0.3 is 0 Å². The van der Waals surface area contributed by atoms with E-state index in [-0.39, 0.29) is 11.2 Å². The number of ketones is 1. The van der Waals surface area contributed by atoms with E-state index >= 15 is 0 Å². The summed E-state index contributed by atoms with van der Waals surface area (Å²) in [7, 11) is 0. The molecule has 27 heavy (non-hydrogen) atoms. The molecule has 1 aromatic carbocycles. The minimum Gasteiger partial charge on any atom is -0.288 e. The van der Waals surface area contributed by atoms with Crippen LogP contribution in [0, 0.1) is 0 Å². The molecule has 2 heterocycles. The molecule has 0 aliphatic heterocycles. The van der Waals surface area contributed by atoms with Crippen LogP contribution in [0.5, 0.6) is 0 Å². The normalized spacial score (nSPS) is 16.2. The largest absolute Gasteiger partial charge is 0.288 e. The summed E-state index contributed by atoms with van der Waals surface area (Å²) < 4.78 is 4.61. The number of carbonyl (C=O) groups excluding carboxylic acids is 1. The van der Waals surface area contributed by atoms with Crippen LogP contribution in [0.4, 0.5) is 0 Å². The van der Waals surface area contributed by atoms with Gasteiger partial charge in [0.05, 0.1) is 21.5 Å². The number of alkyl halides is 1. The summed E-state index contributed by atoms with van der Waals surface area (Å²) in [6.45, 7) is 0. The zero-order chi connectivity index (χ0) is 18.8. The second-order valence-corrected chi connectivity index (χ2v) is 7.85.